The molecule has 1 aliphatic heterocycles. The third kappa shape index (κ3) is 4.35. The number of imidazole rings is 1. The van der Waals surface area contributed by atoms with E-state index in [1.165, 1.54) is 7.11 Å². The number of carbonyl (C=O) groups excluding carboxylic acids is 1. The lowest BCUT2D eigenvalue weighted by atomic mass is 9.93. The molecule has 0 saturated heterocycles. The van der Waals surface area contributed by atoms with E-state index in [1.54, 1.807) is 6.07 Å². The first-order valence-corrected chi connectivity index (χ1v) is 12.4. The Bertz CT molecular complexity index is 1670. The van der Waals surface area contributed by atoms with Crippen molar-refractivity contribution < 1.29 is 19.4 Å². The Kier molecular flexibility index (Phi) is 6.23. The van der Waals surface area contributed by atoms with E-state index in [2.05, 4.69) is 27.8 Å². The second-order valence-electron chi connectivity index (χ2n) is 9.22. The number of rotatable bonds is 5. The molecule has 0 fully saturated rings. The molecular weight excluding hydrogens is 476 g/mol. The van der Waals surface area contributed by atoms with Crippen molar-refractivity contribution in [3.8, 4) is 5.75 Å². The van der Waals surface area contributed by atoms with Gasteiger partial charge in [-0.25, -0.2) is 9.78 Å². The molecule has 1 aromatic heterocycles. The molecule has 1 atom stereocenters. The number of hydrogen-bond donors (Lipinski definition) is 1. The molecule has 0 bridgehead atoms. The lowest BCUT2D eigenvalue weighted by molar-refractivity contribution is 0.0600. The summed E-state index contributed by atoms with van der Waals surface area (Å²) in [7, 11) is 1.38. The van der Waals surface area contributed by atoms with Crippen molar-refractivity contribution in [1.29, 1.82) is 0 Å². The number of ether oxygens (including phenoxy) is 2. The van der Waals surface area contributed by atoms with Gasteiger partial charge in [-0.05, 0) is 58.2 Å². The van der Waals surface area contributed by atoms with Crippen molar-refractivity contribution >= 4 is 22.6 Å². The third-order valence-electron chi connectivity index (χ3n) is 6.95. The first-order valence-electron chi connectivity index (χ1n) is 12.4. The first-order chi connectivity index (χ1) is 18.6. The Hall–Kier alpha value is -4.68. The van der Waals surface area contributed by atoms with Gasteiger partial charge in [-0.15, -0.1) is 0 Å². The fraction of sp³-hybridized carbons (Fsp3) is 0.125. The second kappa shape index (κ2) is 10.00. The summed E-state index contributed by atoms with van der Waals surface area (Å²) < 4.78 is 13.1. The number of fused-ring (bicyclic) bond motifs is 3. The van der Waals surface area contributed by atoms with E-state index in [-0.39, 0.29) is 0 Å². The molecule has 188 valence electrons. The van der Waals surface area contributed by atoms with Crippen molar-refractivity contribution in [2.45, 2.75) is 19.3 Å². The molecule has 38 heavy (non-hydrogen) atoms. The molecule has 6 heteroatoms. The third-order valence-corrected chi connectivity index (χ3v) is 6.95. The molecule has 6 rings (SSSR count). The van der Waals surface area contributed by atoms with Crippen LogP contribution in [0.3, 0.4) is 0 Å². The molecule has 0 aliphatic carbocycles. The second-order valence-corrected chi connectivity index (χ2v) is 9.22. The van der Waals surface area contributed by atoms with Gasteiger partial charge >= 0.3 is 5.97 Å². The Morgan fingerprint density at radius 3 is 2.66 bits per heavy atom. The van der Waals surface area contributed by atoms with Gasteiger partial charge in [0.2, 0.25) is 0 Å². The van der Waals surface area contributed by atoms with Crippen LogP contribution in [0.4, 0.5) is 0 Å². The maximum Gasteiger partial charge on any atom is 0.337 e. The highest BCUT2D eigenvalue weighted by Gasteiger charge is 2.21. The van der Waals surface area contributed by atoms with Crippen molar-refractivity contribution in [2.24, 2.45) is 0 Å². The highest BCUT2D eigenvalue weighted by Crippen LogP contribution is 2.37. The Morgan fingerprint density at radius 1 is 1.00 bits per heavy atom. The quantitative estimate of drug-likeness (QED) is 0.302. The summed E-state index contributed by atoms with van der Waals surface area (Å²) in [4.78, 5) is 16.9. The van der Waals surface area contributed by atoms with Crippen molar-refractivity contribution in [1.82, 2.24) is 9.55 Å². The monoisotopic (exact) mass is 502 g/mol. The van der Waals surface area contributed by atoms with Crippen LogP contribution in [-0.2, 0) is 17.9 Å². The largest absolute Gasteiger partial charge is 0.488 e. The molecule has 4 aromatic carbocycles. The lowest BCUT2D eigenvalue weighted by Crippen LogP contribution is -2.03. The molecule has 0 amide bonds. The van der Waals surface area contributed by atoms with E-state index in [0.29, 0.717) is 18.7 Å². The predicted molar refractivity (Wildman–Crippen MR) is 146 cm³/mol. The smallest absolute Gasteiger partial charge is 0.337 e. The van der Waals surface area contributed by atoms with Crippen LogP contribution in [0.15, 0.2) is 103 Å². The number of aliphatic hydroxyl groups is 1. The van der Waals surface area contributed by atoms with Crippen LogP contribution in [0.1, 0.15) is 44.3 Å². The zero-order valence-electron chi connectivity index (χ0n) is 20.9. The van der Waals surface area contributed by atoms with Crippen LogP contribution >= 0.6 is 0 Å². The average molecular weight is 503 g/mol. The van der Waals surface area contributed by atoms with Gasteiger partial charge in [-0.2, -0.15) is 0 Å². The van der Waals surface area contributed by atoms with Crippen LogP contribution in [0.5, 0.6) is 5.75 Å². The van der Waals surface area contributed by atoms with Gasteiger partial charge < -0.3 is 19.1 Å². The van der Waals surface area contributed by atoms with Gasteiger partial charge in [0.15, 0.2) is 0 Å². The number of allylic oxidation sites excluding steroid dienone is 1. The minimum atomic E-state index is -0.712. The molecule has 0 spiro atoms. The minimum Gasteiger partial charge on any atom is -0.488 e. The summed E-state index contributed by atoms with van der Waals surface area (Å²) in [5.41, 5.74) is 7.85. The summed E-state index contributed by atoms with van der Waals surface area (Å²) in [5, 5.41) is 10.8. The summed E-state index contributed by atoms with van der Waals surface area (Å²) in [6.45, 7) is 1.00. The number of aromatic nitrogens is 2. The Morgan fingerprint density at radius 2 is 1.82 bits per heavy atom. The van der Waals surface area contributed by atoms with Crippen LogP contribution < -0.4 is 4.74 Å². The molecule has 0 radical (unpaired) electrons. The zero-order chi connectivity index (χ0) is 26.1. The number of carbonyl (C=O) groups is 1. The van der Waals surface area contributed by atoms with E-state index in [4.69, 9.17) is 9.47 Å². The Balaban J connectivity index is 1.38. The fourth-order valence-electron chi connectivity index (χ4n) is 4.95. The SMILES string of the molecule is COC(=O)c1ccc2c(c1)/C(=C/Cn1cnc3cc(C(O)c4ccccc4)ccc31)c1ccccc1CO2. The van der Waals surface area contributed by atoms with E-state index < -0.39 is 12.1 Å². The van der Waals surface area contributed by atoms with Crippen molar-refractivity contribution in [3.63, 3.8) is 0 Å². The maximum atomic E-state index is 12.3. The molecule has 1 aliphatic rings. The first kappa shape index (κ1) is 23.7. The fourth-order valence-corrected chi connectivity index (χ4v) is 4.95. The zero-order valence-corrected chi connectivity index (χ0v) is 20.9. The normalized spacial score (nSPS) is 14.3. The number of methoxy groups -OCH3 is 1. The molecule has 1 unspecified atom stereocenters. The van der Waals surface area contributed by atoms with Gasteiger partial charge in [0.25, 0.3) is 0 Å². The highest BCUT2D eigenvalue weighted by molar-refractivity contribution is 5.93. The Labute approximate surface area is 220 Å². The van der Waals surface area contributed by atoms with Crippen molar-refractivity contribution in [2.75, 3.05) is 7.11 Å². The van der Waals surface area contributed by atoms with Crippen LogP contribution in [0, 0.1) is 0 Å². The number of esters is 1. The molecule has 5 aromatic rings. The summed E-state index contributed by atoms with van der Waals surface area (Å²) in [6, 6.07) is 29.0. The standard InChI is InChI=1S/C32H26N2O4/c1-37-32(36)23-12-14-30-27(17-23)26(25-10-6-5-9-24(25)19-38-30)15-16-34-20-33-28-18-22(11-13-29(28)34)31(35)21-7-3-2-4-8-21/h2-15,17-18,20,31,35H,16,19H2,1H3/b26-15+. The number of aliphatic hydroxyl groups excluding tert-OH is 1. The van der Waals surface area contributed by atoms with Gasteiger partial charge in [0.1, 0.15) is 18.5 Å². The van der Waals surface area contributed by atoms with Crippen LogP contribution in [0.2, 0.25) is 0 Å². The van der Waals surface area contributed by atoms with Gasteiger partial charge in [-0.1, -0.05) is 66.7 Å². The van der Waals surface area contributed by atoms with Crippen LogP contribution in [0.25, 0.3) is 16.6 Å². The highest BCUT2D eigenvalue weighted by atomic mass is 16.5. The topological polar surface area (TPSA) is 73.6 Å². The van der Waals surface area contributed by atoms with Crippen molar-refractivity contribution in [3.05, 3.63) is 137 Å². The molecule has 2 heterocycles. The number of nitrogens with zero attached hydrogens (tertiary/aromatic N) is 2. The molecule has 0 saturated carbocycles. The molecule has 1 N–H and O–H groups in total. The van der Waals surface area contributed by atoms with Crippen LogP contribution in [-0.4, -0.2) is 27.7 Å². The van der Waals surface area contributed by atoms with Gasteiger partial charge in [-0.3, -0.25) is 0 Å². The minimum absolute atomic E-state index is 0.390. The molecule has 6 nitrogen and oxygen atoms in total. The lowest BCUT2D eigenvalue weighted by Gasteiger charge is -2.13. The maximum absolute atomic E-state index is 12.3. The average Bonchev–Trinajstić information content (AvgIpc) is 3.31. The number of benzene rings is 4. The molecular formula is C32H26N2O4. The summed E-state index contributed by atoms with van der Waals surface area (Å²) in [6.07, 6.45) is 3.24. The van der Waals surface area contributed by atoms with E-state index in [9.17, 15) is 9.90 Å². The summed E-state index contributed by atoms with van der Waals surface area (Å²) >= 11 is 0. The van der Waals surface area contributed by atoms with E-state index >= 15 is 0 Å². The van der Waals surface area contributed by atoms with E-state index in [0.717, 1.165) is 50.2 Å². The number of hydrogen-bond acceptors (Lipinski definition) is 5. The van der Waals surface area contributed by atoms with Gasteiger partial charge in [0, 0.05) is 12.1 Å². The van der Waals surface area contributed by atoms with E-state index in [1.807, 2.05) is 79.1 Å². The predicted octanol–water partition coefficient (Wildman–Crippen LogP) is 5.93. The summed E-state index contributed by atoms with van der Waals surface area (Å²) in [5.74, 6) is 0.328. The van der Waals surface area contributed by atoms with Gasteiger partial charge in [0.05, 0.1) is 30.0 Å².